The number of hydrogen-bond acceptors (Lipinski definition) is 5. The van der Waals surface area contributed by atoms with Crippen molar-refractivity contribution in [3.8, 4) is 0 Å². The van der Waals surface area contributed by atoms with Crippen LogP contribution in [-0.4, -0.2) is 56.3 Å². The van der Waals surface area contributed by atoms with E-state index in [4.69, 9.17) is 4.74 Å². The van der Waals surface area contributed by atoms with Crippen molar-refractivity contribution in [1.82, 2.24) is 25.1 Å². The smallest absolute Gasteiger partial charge is 0.244 e. The van der Waals surface area contributed by atoms with Crippen LogP contribution in [0, 0.1) is 0 Å². The summed E-state index contributed by atoms with van der Waals surface area (Å²) < 4.78 is 6.91. The van der Waals surface area contributed by atoms with E-state index >= 15 is 0 Å². The van der Waals surface area contributed by atoms with Crippen LogP contribution in [0.25, 0.3) is 0 Å². The summed E-state index contributed by atoms with van der Waals surface area (Å²) >= 11 is 0. The first-order chi connectivity index (χ1) is 8.78. The highest BCUT2D eigenvalue weighted by Crippen LogP contribution is 2.36. The average molecular weight is 251 g/mol. The van der Waals surface area contributed by atoms with Crippen LogP contribution in [0.3, 0.4) is 0 Å². The molecule has 0 aromatic carbocycles. The Balaban J connectivity index is 1.68. The molecule has 1 aromatic rings. The van der Waals surface area contributed by atoms with Crippen molar-refractivity contribution in [2.24, 2.45) is 0 Å². The van der Waals surface area contributed by atoms with E-state index in [2.05, 4.69) is 15.5 Å². The number of ether oxygens (including phenoxy) is 1. The number of piperidine rings is 1. The van der Waals surface area contributed by atoms with Gasteiger partial charge in [0.05, 0.1) is 6.10 Å². The molecule has 2 saturated heterocycles. The molecule has 7 heteroatoms. The Bertz CT molecular complexity index is 407. The van der Waals surface area contributed by atoms with Crippen molar-refractivity contribution in [3.63, 3.8) is 0 Å². The highest BCUT2D eigenvalue weighted by molar-refractivity contribution is 5.77. The Morgan fingerprint density at radius 3 is 2.67 bits per heavy atom. The van der Waals surface area contributed by atoms with Gasteiger partial charge in [-0.3, -0.25) is 4.79 Å². The quantitative estimate of drug-likeness (QED) is 0.746. The van der Waals surface area contributed by atoms with Gasteiger partial charge in [-0.15, -0.1) is 5.10 Å². The predicted octanol–water partition coefficient (Wildman–Crippen LogP) is -0.158. The number of tetrazole rings is 1. The second kappa shape index (κ2) is 4.64. The molecule has 0 spiro atoms. The number of aromatic nitrogens is 4. The minimum atomic E-state index is 0.115. The molecular formula is C11H17N5O2. The lowest BCUT2D eigenvalue weighted by Gasteiger charge is -2.38. The first-order valence-corrected chi connectivity index (χ1v) is 6.32. The number of methoxy groups -OCH3 is 1. The van der Waals surface area contributed by atoms with Crippen molar-refractivity contribution in [2.75, 3.05) is 7.11 Å². The zero-order chi connectivity index (χ0) is 12.5. The van der Waals surface area contributed by atoms with Gasteiger partial charge >= 0.3 is 0 Å². The Hall–Kier alpha value is -1.50. The monoisotopic (exact) mass is 251 g/mol. The first-order valence-electron chi connectivity index (χ1n) is 6.32. The van der Waals surface area contributed by atoms with E-state index in [0.29, 0.717) is 18.2 Å². The van der Waals surface area contributed by atoms with Crippen LogP contribution < -0.4 is 0 Å². The Labute approximate surface area is 105 Å². The second-order valence-electron chi connectivity index (χ2n) is 5.02. The van der Waals surface area contributed by atoms with Crippen molar-refractivity contribution in [1.29, 1.82) is 0 Å². The molecule has 3 rings (SSSR count). The van der Waals surface area contributed by atoms with Gasteiger partial charge < -0.3 is 9.64 Å². The lowest BCUT2D eigenvalue weighted by atomic mass is 9.99. The standard InChI is InChI=1S/C11H17N5O2/c1-18-10-4-8-2-3-9(5-10)16(8)11(17)6-15-7-12-13-14-15/h7-10H,2-6H2,1H3. The summed E-state index contributed by atoms with van der Waals surface area (Å²) in [7, 11) is 1.75. The molecule has 1 aromatic heterocycles. The van der Waals surface area contributed by atoms with Gasteiger partial charge in [0.15, 0.2) is 0 Å². The van der Waals surface area contributed by atoms with Crippen LogP contribution in [0.5, 0.6) is 0 Å². The predicted molar refractivity (Wildman–Crippen MR) is 61.5 cm³/mol. The van der Waals surface area contributed by atoms with E-state index < -0.39 is 0 Å². The number of rotatable bonds is 3. The van der Waals surface area contributed by atoms with Crippen LogP contribution in [-0.2, 0) is 16.1 Å². The number of carbonyl (C=O) groups excluding carboxylic acids is 1. The van der Waals surface area contributed by atoms with Crippen molar-refractivity contribution >= 4 is 5.91 Å². The molecule has 7 nitrogen and oxygen atoms in total. The van der Waals surface area contributed by atoms with E-state index in [-0.39, 0.29) is 12.5 Å². The molecule has 2 aliphatic rings. The third-order valence-electron chi connectivity index (χ3n) is 4.00. The maximum absolute atomic E-state index is 12.3. The number of fused-ring (bicyclic) bond motifs is 2. The molecule has 3 heterocycles. The summed E-state index contributed by atoms with van der Waals surface area (Å²) in [5.41, 5.74) is 0. The lowest BCUT2D eigenvalue weighted by Crippen LogP contribution is -2.49. The van der Waals surface area contributed by atoms with Gasteiger partial charge in [0, 0.05) is 19.2 Å². The lowest BCUT2D eigenvalue weighted by molar-refractivity contribution is -0.138. The van der Waals surface area contributed by atoms with Gasteiger partial charge in [-0.2, -0.15) is 0 Å². The molecule has 1 amide bonds. The number of hydrogen-bond donors (Lipinski definition) is 0. The molecule has 0 aliphatic carbocycles. The van der Waals surface area contributed by atoms with Gasteiger partial charge in [0.1, 0.15) is 12.9 Å². The molecule has 0 N–H and O–H groups in total. The molecule has 0 radical (unpaired) electrons. The van der Waals surface area contributed by atoms with Crippen LogP contribution in [0.1, 0.15) is 25.7 Å². The fraction of sp³-hybridized carbons (Fsp3) is 0.818. The maximum atomic E-state index is 12.3. The van der Waals surface area contributed by atoms with Gasteiger partial charge in [-0.1, -0.05) is 0 Å². The summed E-state index contributed by atoms with van der Waals surface area (Å²) in [4.78, 5) is 14.3. The molecule has 2 aliphatic heterocycles. The SMILES string of the molecule is COC1CC2CCC(C1)N2C(=O)Cn1cnnn1. The maximum Gasteiger partial charge on any atom is 0.244 e. The van der Waals surface area contributed by atoms with Crippen molar-refractivity contribution < 1.29 is 9.53 Å². The molecule has 2 fully saturated rings. The molecule has 98 valence electrons. The van der Waals surface area contributed by atoms with Gasteiger partial charge in [-0.25, -0.2) is 4.68 Å². The average Bonchev–Trinajstić information content (AvgIpc) is 2.95. The summed E-state index contributed by atoms with van der Waals surface area (Å²) in [5.74, 6) is 0.115. The third kappa shape index (κ3) is 1.98. The van der Waals surface area contributed by atoms with Crippen molar-refractivity contribution in [2.45, 2.75) is 50.4 Å². The van der Waals surface area contributed by atoms with E-state index in [1.807, 2.05) is 4.90 Å². The zero-order valence-corrected chi connectivity index (χ0v) is 10.4. The summed E-state index contributed by atoms with van der Waals surface area (Å²) in [6.07, 6.45) is 5.86. The fourth-order valence-corrected chi connectivity index (χ4v) is 3.20. The fourth-order valence-electron chi connectivity index (χ4n) is 3.20. The Morgan fingerprint density at radius 1 is 1.39 bits per heavy atom. The number of carbonyl (C=O) groups is 1. The number of amides is 1. The largest absolute Gasteiger partial charge is 0.381 e. The second-order valence-corrected chi connectivity index (χ2v) is 5.02. The molecule has 18 heavy (non-hydrogen) atoms. The summed E-state index contributed by atoms with van der Waals surface area (Å²) in [6, 6.07) is 0.662. The molecule has 2 unspecified atom stereocenters. The zero-order valence-electron chi connectivity index (χ0n) is 10.4. The third-order valence-corrected chi connectivity index (χ3v) is 4.00. The van der Waals surface area contributed by atoms with E-state index in [9.17, 15) is 4.79 Å². The summed E-state index contributed by atoms with van der Waals surface area (Å²) in [5, 5.41) is 10.8. The Morgan fingerprint density at radius 2 is 2.11 bits per heavy atom. The first kappa shape index (κ1) is 11.6. The molecule has 2 atom stereocenters. The minimum absolute atomic E-state index is 0.115. The van der Waals surface area contributed by atoms with Crippen LogP contribution >= 0.6 is 0 Å². The van der Waals surface area contributed by atoms with Gasteiger partial charge in [0.2, 0.25) is 5.91 Å². The topological polar surface area (TPSA) is 73.1 Å². The highest BCUT2D eigenvalue weighted by atomic mass is 16.5. The van der Waals surface area contributed by atoms with E-state index in [1.165, 1.54) is 11.0 Å². The molecule has 2 bridgehead atoms. The van der Waals surface area contributed by atoms with Crippen LogP contribution in [0.4, 0.5) is 0 Å². The van der Waals surface area contributed by atoms with Crippen LogP contribution in [0.15, 0.2) is 6.33 Å². The minimum Gasteiger partial charge on any atom is -0.381 e. The van der Waals surface area contributed by atoms with Gasteiger partial charge in [-0.05, 0) is 36.1 Å². The summed E-state index contributed by atoms with van der Waals surface area (Å²) in [6.45, 7) is 0.234. The highest BCUT2D eigenvalue weighted by Gasteiger charge is 2.43. The number of nitrogens with zero attached hydrogens (tertiary/aromatic N) is 5. The van der Waals surface area contributed by atoms with Crippen LogP contribution in [0.2, 0.25) is 0 Å². The molecule has 0 saturated carbocycles. The molecular weight excluding hydrogens is 234 g/mol. The Kier molecular flexibility index (Phi) is 2.99. The van der Waals surface area contributed by atoms with Gasteiger partial charge in [0.25, 0.3) is 0 Å². The van der Waals surface area contributed by atoms with E-state index in [1.54, 1.807) is 7.11 Å². The van der Waals surface area contributed by atoms with E-state index in [0.717, 1.165) is 25.7 Å². The van der Waals surface area contributed by atoms with Crippen molar-refractivity contribution in [3.05, 3.63) is 6.33 Å². The normalized spacial score (nSPS) is 30.7.